The van der Waals surface area contributed by atoms with Gasteiger partial charge in [-0.2, -0.15) is 0 Å². The first-order valence-electron chi connectivity index (χ1n) is 4.81. The maximum Gasteiger partial charge on any atom is 0.328 e. The van der Waals surface area contributed by atoms with E-state index < -0.39 is 17.8 Å². The second kappa shape index (κ2) is 6.60. The van der Waals surface area contributed by atoms with Crippen LogP contribution < -0.4 is 5.73 Å². The summed E-state index contributed by atoms with van der Waals surface area (Å²) in [5.74, 6) is -2.20. The largest absolute Gasteiger partial charge is 0.478 e. The summed E-state index contributed by atoms with van der Waals surface area (Å²) in [5, 5.41) is 8.36. The average molecular weight is 228 g/mol. The van der Waals surface area contributed by atoms with Crippen molar-refractivity contribution in [3.05, 3.63) is 12.2 Å². The van der Waals surface area contributed by atoms with Crippen molar-refractivity contribution in [3.8, 4) is 0 Å². The summed E-state index contributed by atoms with van der Waals surface area (Å²) in [5.41, 5.74) is 4.99. The second-order valence-corrected chi connectivity index (χ2v) is 3.75. The molecule has 3 N–H and O–H groups in total. The molecule has 0 bridgehead atoms. The molecule has 0 saturated heterocycles. The van der Waals surface area contributed by atoms with E-state index in [2.05, 4.69) is 0 Å². The Morgan fingerprint density at radius 3 is 2.25 bits per heavy atom. The molecule has 0 unspecified atom stereocenters. The van der Waals surface area contributed by atoms with E-state index in [0.717, 1.165) is 12.2 Å². The Bertz CT molecular complexity index is 310. The van der Waals surface area contributed by atoms with Gasteiger partial charge in [-0.1, -0.05) is 13.8 Å². The predicted molar refractivity (Wildman–Crippen MR) is 57.4 cm³/mol. The van der Waals surface area contributed by atoms with E-state index in [1.54, 1.807) is 0 Å². The fraction of sp³-hybridized carbons (Fsp3) is 0.500. The molecule has 0 atom stereocenters. The van der Waals surface area contributed by atoms with Gasteiger partial charge >= 0.3 is 5.97 Å². The van der Waals surface area contributed by atoms with Gasteiger partial charge in [0, 0.05) is 18.7 Å². The van der Waals surface area contributed by atoms with Crippen LogP contribution in [-0.4, -0.2) is 40.9 Å². The van der Waals surface area contributed by atoms with Gasteiger partial charge in [0.2, 0.25) is 11.8 Å². The van der Waals surface area contributed by atoms with E-state index in [1.165, 1.54) is 4.90 Å². The van der Waals surface area contributed by atoms with Crippen LogP contribution in [0.25, 0.3) is 0 Å². The number of nitrogens with zero attached hydrogens (tertiary/aromatic N) is 1. The van der Waals surface area contributed by atoms with Gasteiger partial charge in [0.25, 0.3) is 0 Å². The van der Waals surface area contributed by atoms with Crippen LogP contribution >= 0.6 is 0 Å². The average Bonchev–Trinajstić information content (AvgIpc) is 2.11. The van der Waals surface area contributed by atoms with E-state index in [1.807, 2.05) is 13.8 Å². The molecule has 0 fully saturated rings. The number of primary amides is 1. The lowest BCUT2D eigenvalue weighted by Gasteiger charge is -2.21. The van der Waals surface area contributed by atoms with Crippen LogP contribution in [0.2, 0.25) is 0 Å². The zero-order valence-electron chi connectivity index (χ0n) is 9.34. The Balaban J connectivity index is 4.55. The number of nitrogens with two attached hydrogens (primary N) is 1. The van der Waals surface area contributed by atoms with E-state index in [0.29, 0.717) is 6.54 Å². The van der Waals surface area contributed by atoms with Crippen molar-refractivity contribution in [3.63, 3.8) is 0 Å². The fourth-order valence-electron chi connectivity index (χ4n) is 1.11. The zero-order valence-corrected chi connectivity index (χ0v) is 9.34. The molecular formula is C10H16N2O4. The molecule has 6 nitrogen and oxygen atoms in total. The fourth-order valence-corrected chi connectivity index (χ4v) is 1.11. The second-order valence-electron chi connectivity index (χ2n) is 3.75. The molecule has 2 amide bonds. The van der Waals surface area contributed by atoms with Crippen molar-refractivity contribution in [2.75, 3.05) is 13.1 Å². The quantitative estimate of drug-likeness (QED) is 0.604. The maximum atomic E-state index is 11.5. The highest BCUT2D eigenvalue weighted by atomic mass is 16.4. The molecule has 0 aliphatic rings. The third-order valence-corrected chi connectivity index (χ3v) is 1.61. The van der Waals surface area contributed by atoms with E-state index in [9.17, 15) is 14.4 Å². The smallest absolute Gasteiger partial charge is 0.328 e. The maximum absolute atomic E-state index is 11.5. The first kappa shape index (κ1) is 14.2. The summed E-state index contributed by atoms with van der Waals surface area (Å²) in [4.78, 5) is 33.6. The topological polar surface area (TPSA) is 101 Å². The van der Waals surface area contributed by atoms with Crippen molar-refractivity contribution in [1.29, 1.82) is 0 Å². The molecule has 0 heterocycles. The number of rotatable bonds is 6. The van der Waals surface area contributed by atoms with Crippen LogP contribution in [-0.2, 0) is 14.4 Å². The van der Waals surface area contributed by atoms with E-state index in [4.69, 9.17) is 10.8 Å². The molecule has 0 spiro atoms. The lowest BCUT2D eigenvalue weighted by Crippen LogP contribution is -2.39. The number of hydrogen-bond donors (Lipinski definition) is 2. The molecule has 90 valence electrons. The highest BCUT2D eigenvalue weighted by Crippen LogP contribution is 1.99. The SMILES string of the molecule is CC(C)CN(CC(N)=O)C(=O)/C=C/C(=O)O. The minimum atomic E-state index is -1.21. The molecule has 0 aromatic heterocycles. The van der Waals surface area contributed by atoms with Crippen LogP contribution in [0.4, 0.5) is 0 Å². The number of carboxylic acids is 1. The third kappa shape index (κ3) is 6.58. The van der Waals surface area contributed by atoms with Crippen molar-refractivity contribution >= 4 is 17.8 Å². The summed E-state index contributed by atoms with van der Waals surface area (Å²) < 4.78 is 0. The monoisotopic (exact) mass is 228 g/mol. The molecule has 0 saturated carbocycles. The number of amides is 2. The summed E-state index contributed by atoms with van der Waals surface area (Å²) in [7, 11) is 0. The normalized spacial score (nSPS) is 10.7. The molecule has 0 aliphatic carbocycles. The highest BCUT2D eigenvalue weighted by Gasteiger charge is 2.14. The lowest BCUT2D eigenvalue weighted by molar-refractivity contribution is -0.133. The van der Waals surface area contributed by atoms with Gasteiger partial charge in [-0.25, -0.2) is 4.79 Å². The van der Waals surface area contributed by atoms with Gasteiger partial charge in [-0.3, -0.25) is 9.59 Å². The number of carbonyl (C=O) groups is 3. The molecule has 6 heteroatoms. The van der Waals surface area contributed by atoms with Crippen LogP contribution in [0.3, 0.4) is 0 Å². The Hall–Kier alpha value is -1.85. The minimum absolute atomic E-state index is 0.168. The highest BCUT2D eigenvalue weighted by molar-refractivity contribution is 5.95. The Morgan fingerprint density at radius 2 is 1.88 bits per heavy atom. The molecular weight excluding hydrogens is 212 g/mol. The molecule has 0 aliphatic heterocycles. The molecule has 0 aromatic rings. The van der Waals surface area contributed by atoms with Gasteiger partial charge in [-0.15, -0.1) is 0 Å². The van der Waals surface area contributed by atoms with Crippen molar-refractivity contribution in [1.82, 2.24) is 4.90 Å². The van der Waals surface area contributed by atoms with Gasteiger partial charge < -0.3 is 15.7 Å². The van der Waals surface area contributed by atoms with E-state index in [-0.39, 0.29) is 12.5 Å². The van der Waals surface area contributed by atoms with E-state index >= 15 is 0 Å². The predicted octanol–water partition coefficient (Wildman–Crippen LogP) is -0.403. The number of aliphatic carboxylic acids is 1. The number of carboxylic acid groups (broad SMARTS) is 1. The van der Waals surface area contributed by atoms with Crippen LogP contribution in [0.5, 0.6) is 0 Å². The number of hydrogen-bond acceptors (Lipinski definition) is 3. The van der Waals surface area contributed by atoms with Gasteiger partial charge in [0.1, 0.15) is 0 Å². The Kier molecular flexibility index (Phi) is 5.84. The van der Waals surface area contributed by atoms with Gasteiger partial charge in [0.05, 0.1) is 6.54 Å². The van der Waals surface area contributed by atoms with Gasteiger partial charge in [-0.05, 0) is 5.92 Å². The molecule has 0 rings (SSSR count). The first-order valence-corrected chi connectivity index (χ1v) is 4.81. The van der Waals surface area contributed by atoms with Crippen LogP contribution in [0.15, 0.2) is 12.2 Å². The van der Waals surface area contributed by atoms with Crippen molar-refractivity contribution in [2.45, 2.75) is 13.8 Å². The summed E-state index contributed by atoms with van der Waals surface area (Å²) in [6.07, 6.45) is 1.64. The lowest BCUT2D eigenvalue weighted by atomic mass is 10.2. The van der Waals surface area contributed by atoms with Gasteiger partial charge in [0.15, 0.2) is 0 Å². The first-order chi connectivity index (χ1) is 7.32. The van der Waals surface area contributed by atoms with Crippen molar-refractivity contribution in [2.24, 2.45) is 11.7 Å². The van der Waals surface area contributed by atoms with Crippen molar-refractivity contribution < 1.29 is 19.5 Å². The summed E-state index contributed by atoms with van der Waals surface area (Å²) in [6.45, 7) is 3.90. The summed E-state index contributed by atoms with van der Waals surface area (Å²) in [6, 6.07) is 0. The van der Waals surface area contributed by atoms with Crippen LogP contribution in [0, 0.1) is 5.92 Å². The standard InChI is InChI=1S/C10H16N2O4/c1-7(2)5-12(6-8(11)13)9(14)3-4-10(15)16/h3-4,7H,5-6H2,1-2H3,(H2,11,13)(H,15,16)/b4-3+. The number of carbonyl (C=O) groups excluding carboxylic acids is 2. The van der Waals surface area contributed by atoms with Crippen LogP contribution in [0.1, 0.15) is 13.8 Å². The Labute approximate surface area is 93.7 Å². The molecule has 0 aromatic carbocycles. The molecule has 16 heavy (non-hydrogen) atoms. The molecule has 0 radical (unpaired) electrons. The summed E-state index contributed by atoms with van der Waals surface area (Å²) >= 11 is 0. The Morgan fingerprint density at radius 1 is 1.31 bits per heavy atom. The zero-order chi connectivity index (χ0) is 12.7. The third-order valence-electron chi connectivity index (χ3n) is 1.61. The minimum Gasteiger partial charge on any atom is -0.478 e.